The minimum atomic E-state index is -0.504. The largest absolute Gasteiger partial charge is 0.497 e. The highest BCUT2D eigenvalue weighted by molar-refractivity contribution is 7.09. The molecule has 1 aromatic heterocycles. The van der Waals surface area contributed by atoms with Crippen LogP contribution in [0, 0.1) is 0 Å². The van der Waals surface area contributed by atoms with E-state index in [-0.39, 0.29) is 0 Å². The number of nitrogens with zero attached hydrogens (tertiary/aromatic N) is 1. The second-order valence-electron chi connectivity index (χ2n) is 3.46. The topological polar surface area (TPSA) is 42.4 Å². The van der Waals surface area contributed by atoms with Crippen LogP contribution in [-0.2, 0) is 6.42 Å². The van der Waals surface area contributed by atoms with Crippen molar-refractivity contribution >= 4 is 11.3 Å². The Kier molecular flexibility index (Phi) is 3.54. The average molecular weight is 235 g/mol. The van der Waals surface area contributed by atoms with Crippen LogP contribution in [-0.4, -0.2) is 17.2 Å². The number of aliphatic hydroxyl groups excluding tert-OH is 1. The van der Waals surface area contributed by atoms with Gasteiger partial charge in [-0.1, -0.05) is 12.1 Å². The van der Waals surface area contributed by atoms with Gasteiger partial charge in [0.2, 0.25) is 0 Å². The fraction of sp³-hybridized carbons (Fsp3) is 0.250. The maximum atomic E-state index is 10.0. The molecule has 1 aromatic carbocycles. The smallest absolute Gasteiger partial charge is 0.119 e. The van der Waals surface area contributed by atoms with Gasteiger partial charge < -0.3 is 9.84 Å². The Morgan fingerprint density at radius 1 is 1.50 bits per heavy atom. The van der Waals surface area contributed by atoms with Gasteiger partial charge in [-0.3, -0.25) is 4.98 Å². The first-order chi connectivity index (χ1) is 7.79. The molecule has 4 heteroatoms. The third kappa shape index (κ3) is 2.59. The molecule has 2 aromatic rings. The van der Waals surface area contributed by atoms with Gasteiger partial charge in [0, 0.05) is 17.5 Å². The van der Waals surface area contributed by atoms with Gasteiger partial charge in [-0.05, 0) is 17.7 Å². The molecule has 0 amide bonds. The standard InChI is InChI=1S/C12H13NO2S/c1-15-10-4-2-3-9(5-10)12(14)6-11-7-13-8-16-11/h2-5,7-8,12,14H,6H2,1H3. The van der Waals surface area contributed by atoms with E-state index in [9.17, 15) is 5.11 Å². The van der Waals surface area contributed by atoms with Gasteiger partial charge in [-0.2, -0.15) is 0 Å². The van der Waals surface area contributed by atoms with Gasteiger partial charge in [-0.15, -0.1) is 11.3 Å². The molecule has 0 aliphatic heterocycles. The molecule has 2 rings (SSSR count). The molecule has 0 aliphatic rings. The molecule has 1 atom stereocenters. The molecule has 0 aliphatic carbocycles. The summed E-state index contributed by atoms with van der Waals surface area (Å²) < 4.78 is 5.12. The van der Waals surface area contributed by atoms with Crippen LogP contribution in [0.1, 0.15) is 16.5 Å². The molecule has 3 nitrogen and oxygen atoms in total. The minimum absolute atomic E-state index is 0.504. The van der Waals surface area contributed by atoms with Crippen molar-refractivity contribution in [1.82, 2.24) is 4.98 Å². The number of aromatic nitrogens is 1. The molecule has 0 radical (unpaired) electrons. The fourth-order valence-corrected chi connectivity index (χ4v) is 2.13. The summed E-state index contributed by atoms with van der Waals surface area (Å²) in [6, 6.07) is 7.49. The van der Waals surface area contributed by atoms with E-state index in [1.165, 1.54) is 0 Å². The van der Waals surface area contributed by atoms with E-state index in [2.05, 4.69) is 4.98 Å². The van der Waals surface area contributed by atoms with Gasteiger partial charge >= 0.3 is 0 Å². The summed E-state index contributed by atoms with van der Waals surface area (Å²) >= 11 is 1.55. The SMILES string of the molecule is COc1cccc(C(O)Cc2cncs2)c1. The molecule has 1 heterocycles. The maximum Gasteiger partial charge on any atom is 0.119 e. The lowest BCUT2D eigenvalue weighted by molar-refractivity contribution is 0.179. The van der Waals surface area contributed by atoms with Gasteiger partial charge in [0.25, 0.3) is 0 Å². The van der Waals surface area contributed by atoms with Crippen LogP contribution in [0.15, 0.2) is 36.0 Å². The van der Waals surface area contributed by atoms with Crippen molar-refractivity contribution in [1.29, 1.82) is 0 Å². The zero-order valence-corrected chi connectivity index (χ0v) is 9.78. The Balaban J connectivity index is 2.11. The summed E-state index contributed by atoms with van der Waals surface area (Å²) in [6.45, 7) is 0. The van der Waals surface area contributed by atoms with Gasteiger partial charge in [0.05, 0.1) is 18.7 Å². The number of methoxy groups -OCH3 is 1. The van der Waals surface area contributed by atoms with Gasteiger partial charge in [0.15, 0.2) is 0 Å². The maximum absolute atomic E-state index is 10.0. The van der Waals surface area contributed by atoms with Crippen LogP contribution >= 0.6 is 11.3 Å². The monoisotopic (exact) mass is 235 g/mol. The molecule has 0 saturated carbocycles. The molecule has 1 unspecified atom stereocenters. The van der Waals surface area contributed by atoms with Crippen LogP contribution in [0.5, 0.6) is 5.75 Å². The molecule has 0 saturated heterocycles. The Hall–Kier alpha value is -1.39. The molecule has 84 valence electrons. The Labute approximate surface area is 98.4 Å². The second kappa shape index (κ2) is 5.09. The van der Waals surface area contributed by atoms with Crippen molar-refractivity contribution in [3.05, 3.63) is 46.4 Å². The van der Waals surface area contributed by atoms with Crippen molar-refractivity contribution in [2.75, 3.05) is 7.11 Å². The van der Waals surface area contributed by atoms with E-state index >= 15 is 0 Å². The van der Waals surface area contributed by atoms with Crippen molar-refractivity contribution in [3.8, 4) is 5.75 Å². The highest BCUT2D eigenvalue weighted by atomic mass is 32.1. The van der Waals surface area contributed by atoms with Crippen molar-refractivity contribution in [3.63, 3.8) is 0 Å². The van der Waals surface area contributed by atoms with Crippen molar-refractivity contribution in [2.24, 2.45) is 0 Å². The van der Waals surface area contributed by atoms with E-state index in [1.54, 1.807) is 30.2 Å². The van der Waals surface area contributed by atoms with Crippen LogP contribution in [0.25, 0.3) is 0 Å². The number of hydrogen-bond acceptors (Lipinski definition) is 4. The lowest BCUT2D eigenvalue weighted by atomic mass is 10.1. The zero-order valence-electron chi connectivity index (χ0n) is 8.96. The number of aliphatic hydroxyl groups is 1. The number of ether oxygens (including phenoxy) is 1. The summed E-state index contributed by atoms with van der Waals surface area (Å²) in [7, 11) is 1.62. The highest BCUT2D eigenvalue weighted by Crippen LogP contribution is 2.23. The fourth-order valence-electron chi connectivity index (χ4n) is 1.50. The third-order valence-corrected chi connectivity index (χ3v) is 3.16. The first-order valence-corrected chi connectivity index (χ1v) is 5.87. The van der Waals surface area contributed by atoms with E-state index in [0.717, 1.165) is 16.2 Å². The van der Waals surface area contributed by atoms with Crippen molar-refractivity contribution < 1.29 is 9.84 Å². The highest BCUT2D eigenvalue weighted by Gasteiger charge is 2.10. The van der Waals surface area contributed by atoms with Gasteiger partial charge in [0.1, 0.15) is 5.75 Å². The summed E-state index contributed by atoms with van der Waals surface area (Å²) in [4.78, 5) is 5.06. The van der Waals surface area contributed by atoms with E-state index in [1.807, 2.05) is 24.3 Å². The Morgan fingerprint density at radius 3 is 3.06 bits per heavy atom. The second-order valence-corrected chi connectivity index (χ2v) is 4.44. The quantitative estimate of drug-likeness (QED) is 0.885. The average Bonchev–Trinajstić information content (AvgIpc) is 2.82. The minimum Gasteiger partial charge on any atom is -0.497 e. The van der Waals surface area contributed by atoms with Gasteiger partial charge in [-0.25, -0.2) is 0 Å². The first-order valence-electron chi connectivity index (χ1n) is 4.99. The number of thiazole rings is 1. The lowest BCUT2D eigenvalue weighted by Gasteiger charge is -2.10. The normalized spacial score (nSPS) is 12.4. The molecule has 16 heavy (non-hydrogen) atoms. The lowest BCUT2D eigenvalue weighted by Crippen LogP contribution is -2.00. The van der Waals surface area contributed by atoms with Crippen LogP contribution < -0.4 is 4.74 Å². The molecule has 1 N–H and O–H groups in total. The third-order valence-electron chi connectivity index (χ3n) is 2.36. The Morgan fingerprint density at radius 2 is 2.38 bits per heavy atom. The molecular formula is C12H13NO2S. The molecule has 0 spiro atoms. The predicted octanol–water partition coefficient (Wildman–Crippen LogP) is 2.43. The van der Waals surface area contributed by atoms with E-state index in [0.29, 0.717) is 6.42 Å². The molecule has 0 fully saturated rings. The number of hydrogen-bond donors (Lipinski definition) is 1. The molecule has 0 bridgehead atoms. The number of rotatable bonds is 4. The number of benzene rings is 1. The van der Waals surface area contributed by atoms with Crippen LogP contribution in [0.2, 0.25) is 0 Å². The van der Waals surface area contributed by atoms with E-state index < -0.39 is 6.10 Å². The zero-order chi connectivity index (χ0) is 11.4. The predicted molar refractivity (Wildman–Crippen MR) is 63.8 cm³/mol. The summed E-state index contributed by atoms with van der Waals surface area (Å²) in [6.07, 6.45) is 1.88. The summed E-state index contributed by atoms with van der Waals surface area (Å²) in [5.41, 5.74) is 2.64. The van der Waals surface area contributed by atoms with Crippen LogP contribution in [0.3, 0.4) is 0 Å². The Bertz CT molecular complexity index is 442. The summed E-state index contributed by atoms with van der Waals surface area (Å²) in [5.74, 6) is 0.765. The van der Waals surface area contributed by atoms with Crippen molar-refractivity contribution in [2.45, 2.75) is 12.5 Å². The van der Waals surface area contributed by atoms with Crippen LogP contribution in [0.4, 0.5) is 0 Å². The molecular weight excluding hydrogens is 222 g/mol. The first kappa shape index (κ1) is 11.1. The summed E-state index contributed by atoms with van der Waals surface area (Å²) in [5, 5.41) is 10.0. The van der Waals surface area contributed by atoms with E-state index in [4.69, 9.17) is 4.74 Å².